The number of hydrogen-bond acceptors (Lipinski definition) is 5. The van der Waals surface area contributed by atoms with Crippen LogP contribution in [0.15, 0.2) is 47.4 Å². The van der Waals surface area contributed by atoms with E-state index in [9.17, 15) is 14.4 Å². The predicted octanol–water partition coefficient (Wildman–Crippen LogP) is 4.74. The van der Waals surface area contributed by atoms with Gasteiger partial charge in [-0.25, -0.2) is 4.79 Å². The Balaban J connectivity index is 1.57. The summed E-state index contributed by atoms with van der Waals surface area (Å²) in [5, 5.41) is 1.36. The van der Waals surface area contributed by atoms with E-state index in [2.05, 4.69) is 0 Å². The summed E-state index contributed by atoms with van der Waals surface area (Å²) in [6, 6.07) is 11.4. The van der Waals surface area contributed by atoms with E-state index >= 15 is 0 Å². The highest BCUT2D eigenvalue weighted by molar-refractivity contribution is 8.00. The van der Waals surface area contributed by atoms with E-state index < -0.39 is 17.8 Å². The molecular weight excluding hydrogens is 386 g/mol. The molecule has 1 aliphatic heterocycles. The number of hydrogen-bond donors (Lipinski definition) is 0. The molecule has 7 heteroatoms. The van der Waals surface area contributed by atoms with Crippen LogP contribution < -0.4 is 0 Å². The molecule has 27 heavy (non-hydrogen) atoms. The molecule has 1 fully saturated rings. The lowest BCUT2D eigenvalue weighted by atomic mass is 10.1. The number of halogens is 1. The van der Waals surface area contributed by atoms with Gasteiger partial charge in [0.1, 0.15) is 0 Å². The van der Waals surface area contributed by atoms with Gasteiger partial charge in [0.05, 0.1) is 16.7 Å². The molecule has 1 heterocycles. The van der Waals surface area contributed by atoms with Crippen LogP contribution in [-0.2, 0) is 4.84 Å². The minimum Gasteiger partial charge on any atom is -0.324 e. The second kappa shape index (κ2) is 7.37. The Bertz CT molecular complexity index is 904. The monoisotopic (exact) mass is 401 g/mol. The largest absolute Gasteiger partial charge is 0.365 e. The maximum absolute atomic E-state index is 12.7. The van der Waals surface area contributed by atoms with Crippen molar-refractivity contribution in [2.75, 3.05) is 0 Å². The summed E-state index contributed by atoms with van der Waals surface area (Å²) in [6.07, 6.45) is 4.56. The van der Waals surface area contributed by atoms with Gasteiger partial charge in [0, 0.05) is 15.2 Å². The molecule has 2 aromatic carbocycles. The number of amides is 2. The fourth-order valence-electron chi connectivity index (χ4n) is 3.33. The van der Waals surface area contributed by atoms with Crippen LogP contribution in [0.1, 0.15) is 56.8 Å². The molecular formula is C20H16ClNO4S. The summed E-state index contributed by atoms with van der Waals surface area (Å²) in [7, 11) is 0. The Labute approximate surface area is 165 Å². The molecule has 2 aromatic rings. The normalized spacial score (nSPS) is 16.7. The molecule has 0 saturated heterocycles. The third-order valence-corrected chi connectivity index (χ3v) is 6.34. The average Bonchev–Trinajstić information content (AvgIpc) is 3.26. The van der Waals surface area contributed by atoms with Gasteiger partial charge < -0.3 is 4.84 Å². The number of imide groups is 1. The van der Waals surface area contributed by atoms with Gasteiger partial charge in [-0.3, -0.25) is 9.59 Å². The Morgan fingerprint density at radius 2 is 1.67 bits per heavy atom. The van der Waals surface area contributed by atoms with Crippen molar-refractivity contribution in [3.8, 4) is 0 Å². The van der Waals surface area contributed by atoms with Crippen molar-refractivity contribution in [2.45, 2.75) is 35.8 Å². The molecule has 0 spiro atoms. The van der Waals surface area contributed by atoms with Gasteiger partial charge in [-0.05, 0) is 43.2 Å². The molecule has 0 N–H and O–H groups in total. The number of benzene rings is 2. The Hall–Kier alpha value is -2.31. The van der Waals surface area contributed by atoms with Crippen molar-refractivity contribution >= 4 is 41.1 Å². The molecule has 0 atom stereocenters. The molecule has 0 radical (unpaired) electrons. The van der Waals surface area contributed by atoms with Crippen molar-refractivity contribution in [3.63, 3.8) is 0 Å². The van der Waals surface area contributed by atoms with E-state index in [0.29, 0.717) is 15.3 Å². The van der Waals surface area contributed by atoms with Crippen LogP contribution in [0, 0.1) is 0 Å². The fraction of sp³-hybridized carbons (Fsp3) is 0.250. The maximum atomic E-state index is 12.7. The highest BCUT2D eigenvalue weighted by Crippen LogP contribution is 2.37. The molecule has 2 aliphatic rings. The third kappa shape index (κ3) is 3.47. The number of nitrogens with zero attached hydrogens (tertiary/aromatic N) is 1. The van der Waals surface area contributed by atoms with Gasteiger partial charge in [0.25, 0.3) is 11.8 Å². The average molecular weight is 402 g/mol. The highest BCUT2D eigenvalue weighted by Gasteiger charge is 2.39. The molecule has 1 saturated carbocycles. The lowest BCUT2D eigenvalue weighted by Gasteiger charge is -2.16. The smallest absolute Gasteiger partial charge is 0.324 e. The number of hydroxylamine groups is 2. The van der Waals surface area contributed by atoms with Crippen molar-refractivity contribution in [1.29, 1.82) is 0 Å². The molecule has 2 amide bonds. The Kier molecular flexibility index (Phi) is 4.93. The molecule has 0 bridgehead atoms. The third-order valence-electron chi connectivity index (χ3n) is 4.69. The van der Waals surface area contributed by atoms with Crippen LogP contribution in [0.2, 0.25) is 5.02 Å². The summed E-state index contributed by atoms with van der Waals surface area (Å²) >= 11 is 7.67. The first-order valence-corrected chi connectivity index (χ1v) is 9.96. The number of rotatable bonds is 4. The zero-order valence-corrected chi connectivity index (χ0v) is 15.9. The zero-order chi connectivity index (χ0) is 19.0. The maximum Gasteiger partial charge on any atom is 0.365 e. The standard InChI is InChI=1S/C20H16ClNO4S/c21-12-9-10-17(27-13-5-1-2-6-13)16(11-12)20(25)26-22-18(23)14-7-3-4-8-15(14)19(22)24/h3-4,7-11,13H,1-2,5-6H2. The summed E-state index contributed by atoms with van der Waals surface area (Å²) in [5.74, 6) is -2.06. The SMILES string of the molecule is O=C(ON1C(=O)c2ccccc2C1=O)c1cc(Cl)ccc1SC1CCCC1. The van der Waals surface area contributed by atoms with Gasteiger partial charge in [0.15, 0.2) is 0 Å². The van der Waals surface area contributed by atoms with Crippen LogP contribution in [0.5, 0.6) is 0 Å². The topological polar surface area (TPSA) is 63.7 Å². The first-order chi connectivity index (χ1) is 13.0. The van der Waals surface area contributed by atoms with E-state index in [1.54, 1.807) is 36.0 Å². The highest BCUT2D eigenvalue weighted by atomic mass is 35.5. The second-order valence-corrected chi connectivity index (χ2v) is 8.27. The second-order valence-electron chi connectivity index (χ2n) is 6.49. The van der Waals surface area contributed by atoms with Crippen molar-refractivity contribution in [3.05, 3.63) is 64.2 Å². The van der Waals surface area contributed by atoms with Gasteiger partial charge in [-0.2, -0.15) is 0 Å². The number of fused-ring (bicyclic) bond motifs is 1. The van der Waals surface area contributed by atoms with Crippen LogP contribution in [0.4, 0.5) is 0 Å². The van der Waals surface area contributed by atoms with Crippen molar-refractivity contribution in [2.24, 2.45) is 0 Å². The van der Waals surface area contributed by atoms with Gasteiger partial charge in [0.2, 0.25) is 0 Å². The van der Waals surface area contributed by atoms with Crippen LogP contribution in [0.3, 0.4) is 0 Å². The lowest BCUT2D eigenvalue weighted by molar-refractivity contribution is -0.0586. The first kappa shape index (κ1) is 18.1. The minimum absolute atomic E-state index is 0.224. The summed E-state index contributed by atoms with van der Waals surface area (Å²) in [6.45, 7) is 0. The number of thioether (sulfide) groups is 1. The molecule has 138 valence electrons. The predicted molar refractivity (Wildman–Crippen MR) is 102 cm³/mol. The van der Waals surface area contributed by atoms with Crippen molar-refractivity contribution in [1.82, 2.24) is 5.06 Å². The lowest BCUT2D eigenvalue weighted by Crippen LogP contribution is -2.32. The van der Waals surface area contributed by atoms with Crippen LogP contribution in [-0.4, -0.2) is 28.1 Å². The van der Waals surface area contributed by atoms with E-state index in [4.69, 9.17) is 16.4 Å². The van der Waals surface area contributed by atoms with Crippen molar-refractivity contribution < 1.29 is 19.2 Å². The minimum atomic E-state index is -0.771. The summed E-state index contributed by atoms with van der Waals surface area (Å²) in [4.78, 5) is 43.5. The molecule has 0 aromatic heterocycles. The summed E-state index contributed by atoms with van der Waals surface area (Å²) < 4.78 is 0. The Morgan fingerprint density at radius 1 is 1.04 bits per heavy atom. The number of carbonyl (C=O) groups excluding carboxylic acids is 3. The molecule has 1 aliphatic carbocycles. The first-order valence-electron chi connectivity index (χ1n) is 8.71. The van der Waals surface area contributed by atoms with Crippen LogP contribution >= 0.6 is 23.4 Å². The molecule has 5 nitrogen and oxygen atoms in total. The summed E-state index contributed by atoms with van der Waals surface area (Å²) in [5.41, 5.74) is 0.708. The fourth-order valence-corrected chi connectivity index (χ4v) is 4.85. The Morgan fingerprint density at radius 3 is 2.30 bits per heavy atom. The molecule has 4 rings (SSSR count). The van der Waals surface area contributed by atoms with E-state index in [0.717, 1.165) is 17.7 Å². The van der Waals surface area contributed by atoms with E-state index in [1.165, 1.54) is 31.0 Å². The van der Waals surface area contributed by atoms with Gasteiger partial charge in [-0.15, -0.1) is 11.8 Å². The number of carbonyl (C=O) groups is 3. The van der Waals surface area contributed by atoms with Gasteiger partial charge >= 0.3 is 5.97 Å². The zero-order valence-electron chi connectivity index (χ0n) is 14.3. The van der Waals surface area contributed by atoms with Crippen LogP contribution in [0.25, 0.3) is 0 Å². The van der Waals surface area contributed by atoms with E-state index in [1.807, 2.05) is 0 Å². The quantitative estimate of drug-likeness (QED) is 0.692. The molecule has 0 unspecified atom stereocenters. The van der Waals surface area contributed by atoms with E-state index in [-0.39, 0.29) is 16.7 Å². The van der Waals surface area contributed by atoms with Gasteiger partial charge in [-0.1, -0.05) is 41.6 Å².